The molecule has 0 radical (unpaired) electrons. The summed E-state index contributed by atoms with van der Waals surface area (Å²) in [6.07, 6.45) is 2.58. The van der Waals surface area contributed by atoms with Gasteiger partial charge in [-0.1, -0.05) is 29.8 Å². The lowest BCUT2D eigenvalue weighted by Gasteiger charge is -2.32. The Morgan fingerprint density at radius 3 is 2.48 bits per heavy atom. The second-order valence-corrected chi connectivity index (χ2v) is 7.25. The van der Waals surface area contributed by atoms with E-state index in [0.29, 0.717) is 36.5 Å². The van der Waals surface area contributed by atoms with E-state index in [2.05, 4.69) is 5.32 Å². The van der Waals surface area contributed by atoms with Crippen molar-refractivity contribution in [3.05, 3.63) is 64.7 Å². The van der Waals surface area contributed by atoms with Crippen molar-refractivity contribution in [1.29, 1.82) is 0 Å². The predicted octanol–water partition coefficient (Wildman–Crippen LogP) is 3.40. The van der Waals surface area contributed by atoms with Crippen LogP contribution >= 0.6 is 11.6 Å². The van der Waals surface area contributed by atoms with Crippen LogP contribution in [0.15, 0.2) is 48.5 Å². The van der Waals surface area contributed by atoms with Gasteiger partial charge in [0.2, 0.25) is 5.91 Å². The first-order chi connectivity index (χ1) is 13.0. The van der Waals surface area contributed by atoms with E-state index in [1.807, 2.05) is 24.3 Å². The molecule has 2 N–H and O–H groups in total. The lowest BCUT2D eigenvalue weighted by atomic mass is 10.0. The van der Waals surface area contributed by atoms with Gasteiger partial charge >= 0.3 is 0 Å². The largest absolute Gasteiger partial charge is 0.508 e. The molecule has 1 aliphatic rings. The van der Waals surface area contributed by atoms with Gasteiger partial charge in [0.15, 0.2) is 0 Å². The zero-order valence-corrected chi connectivity index (χ0v) is 15.8. The fraction of sp³-hybridized carbons (Fsp3) is 0.333. The molecule has 2 amide bonds. The molecule has 1 heterocycles. The number of hydrogen-bond donors (Lipinski definition) is 2. The number of benzene rings is 2. The summed E-state index contributed by atoms with van der Waals surface area (Å²) in [6, 6.07) is 14.0. The molecule has 2 aromatic rings. The Balaban J connectivity index is 1.43. The fourth-order valence-electron chi connectivity index (χ4n) is 3.26. The fourth-order valence-corrected chi connectivity index (χ4v) is 3.38. The molecule has 27 heavy (non-hydrogen) atoms. The molecule has 0 atom stereocenters. The molecule has 3 rings (SSSR count). The maximum Gasteiger partial charge on any atom is 0.253 e. The molecule has 6 heteroatoms. The minimum Gasteiger partial charge on any atom is -0.508 e. The van der Waals surface area contributed by atoms with Crippen LogP contribution in [0.1, 0.15) is 35.2 Å². The molecule has 2 aromatic carbocycles. The van der Waals surface area contributed by atoms with Gasteiger partial charge in [-0.3, -0.25) is 9.59 Å². The Kier molecular flexibility index (Phi) is 6.35. The van der Waals surface area contributed by atoms with Crippen LogP contribution in [0.25, 0.3) is 0 Å². The van der Waals surface area contributed by atoms with Crippen LogP contribution in [-0.4, -0.2) is 41.0 Å². The van der Waals surface area contributed by atoms with Crippen molar-refractivity contribution >= 4 is 23.4 Å². The van der Waals surface area contributed by atoms with Gasteiger partial charge in [0.25, 0.3) is 5.91 Å². The van der Waals surface area contributed by atoms with E-state index in [9.17, 15) is 14.7 Å². The van der Waals surface area contributed by atoms with Crippen LogP contribution in [0.4, 0.5) is 0 Å². The summed E-state index contributed by atoms with van der Waals surface area (Å²) in [5, 5.41) is 13.3. The molecule has 1 aliphatic heterocycles. The summed E-state index contributed by atoms with van der Waals surface area (Å²) >= 11 is 5.86. The van der Waals surface area contributed by atoms with Crippen molar-refractivity contribution in [2.24, 2.45) is 0 Å². The lowest BCUT2D eigenvalue weighted by Crippen LogP contribution is -2.46. The Morgan fingerprint density at radius 2 is 1.81 bits per heavy atom. The molecule has 0 spiro atoms. The average Bonchev–Trinajstić information content (AvgIpc) is 2.67. The number of halogens is 1. The Morgan fingerprint density at radius 1 is 1.11 bits per heavy atom. The van der Waals surface area contributed by atoms with Gasteiger partial charge in [0.1, 0.15) is 5.75 Å². The monoisotopic (exact) mass is 386 g/mol. The molecule has 1 saturated heterocycles. The molecule has 142 valence electrons. The van der Waals surface area contributed by atoms with Crippen molar-refractivity contribution in [2.75, 3.05) is 13.1 Å². The van der Waals surface area contributed by atoms with Gasteiger partial charge in [-0.05, 0) is 55.2 Å². The Bertz CT molecular complexity index is 799. The van der Waals surface area contributed by atoms with Crippen LogP contribution in [-0.2, 0) is 11.2 Å². The molecule has 5 nitrogen and oxygen atoms in total. The summed E-state index contributed by atoms with van der Waals surface area (Å²) in [4.78, 5) is 26.4. The number of nitrogens with one attached hydrogen (secondary N) is 1. The molecular formula is C21H23ClN2O3. The number of carbonyl (C=O) groups is 2. The summed E-state index contributed by atoms with van der Waals surface area (Å²) in [6.45, 7) is 1.19. The van der Waals surface area contributed by atoms with Gasteiger partial charge in [-0.2, -0.15) is 0 Å². The quantitative estimate of drug-likeness (QED) is 0.827. The minimum atomic E-state index is -0.0848. The maximum absolute atomic E-state index is 12.5. The number of likely N-dealkylation sites (tertiary alicyclic amines) is 1. The number of aromatic hydroxyl groups is 1. The predicted molar refractivity (Wildman–Crippen MR) is 105 cm³/mol. The number of carbonyl (C=O) groups excluding carboxylic acids is 2. The maximum atomic E-state index is 12.5. The normalized spacial score (nSPS) is 14.8. The third-order valence-corrected chi connectivity index (χ3v) is 5.05. The zero-order valence-electron chi connectivity index (χ0n) is 15.0. The first-order valence-corrected chi connectivity index (χ1v) is 9.51. The second-order valence-electron chi connectivity index (χ2n) is 6.81. The van der Waals surface area contributed by atoms with E-state index in [-0.39, 0.29) is 23.6 Å². The van der Waals surface area contributed by atoms with Gasteiger partial charge in [0.05, 0.1) is 0 Å². The summed E-state index contributed by atoms with van der Waals surface area (Å²) in [5.74, 6) is 0.0322. The van der Waals surface area contributed by atoms with E-state index < -0.39 is 0 Å². The first kappa shape index (κ1) is 19.2. The first-order valence-electron chi connectivity index (χ1n) is 9.13. The van der Waals surface area contributed by atoms with Crippen LogP contribution in [0.3, 0.4) is 0 Å². The van der Waals surface area contributed by atoms with Gasteiger partial charge in [-0.15, -0.1) is 0 Å². The Labute approximate surface area is 163 Å². The number of nitrogens with zero attached hydrogens (tertiary/aromatic N) is 1. The number of rotatable bonds is 5. The highest BCUT2D eigenvalue weighted by Gasteiger charge is 2.24. The van der Waals surface area contributed by atoms with Crippen molar-refractivity contribution in [3.8, 4) is 5.75 Å². The van der Waals surface area contributed by atoms with Crippen molar-refractivity contribution < 1.29 is 14.7 Å². The highest BCUT2D eigenvalue weighted by atomic mass is 35.5. The smallest absolute Gasteiger partial charge is 0.253 e. The van der Waals surface area contributed by atoms with Crippen molar-refractivity contribution in [3.63, 3.8) is 0 Å². The third kappa shape index (κ3) is 5.47. The highest BCUT2D eigenvalue weighted by molar-refractivity contribution is 6.30. The molecule has 0 aromatic heterocycles. The van der Waals surface area contributed by atoms with Crippen LogP contribution in [0.5, 0.6) is 5.75 Å². The molecule has 0 bridgehead atoms. The van der Waals surface area contributed by atoms with E-state index in [1.165, 1.54) is 6.07 Å². The standard InChI is InChI=1S/C21H23ClN2O3/c22-17-7-4-15(5-8-17)6-9-20(26)23-18-10-12-24(13-11-18)21(27)16-2-1-3-19(25)14-16/h1-5,7-8,14,18,25H,6,9-13H2,(H,23,26). The third-order valence-electron chi connectivity index (χ3n) is 4.79. The van der Waals surface area contributed by atoms with Crippen molar-refractivity contribution in [1.82, 2.24) is 10.2 Å². The van der Waals surface area contributed by atoms with Crippen LogP contribution in [0, 0.1) is 0 Å². The Hall–Kier alpha value is -2.53. The summed E-state index contributed by atoms with van der Waals surface area (Å²) in [7, 11) is 0. The second kappa shape index (κ2) is 8.91. The number of phenols is 1. The van der Waals surface area contributed by atoms with Crippen LogP contribution in [0.2, 0.25) is 5.02 Å². The topological polar surface area (TPSA) is 69.6 Å². The average molecular weight is 387 g/mol. The minimum absolute atomic E-state index is 0.0303. The van der Waals surface area contributed by atoms with Crippen molar-refractivity contribution in [2.45, 2.75) is 31.7 Å². The number of hydrogen-bond acceptors (Lipinski definition) is 3. The number of phenolic OH excluding ortho intramolecular Hbond substituents is 1. The molecule has 0 saturated carbocycles. The molecule has 1 fully saturated rings. The molecular weight excluding hydrogens is 364 g/mol. The van der Waals surface area contributed by atoms with E-state index >= 15 is 0 Å². The van der Waals surface area contributed by atoms with Gasteiger partial charge in [-0.25, -0.2) is 0 Å². The highest BCUT2D eigenvalue weighted by Crippen LogP contribution is 2.17. The SMILES string of the molecule is O=C(CCc1ccc(Cl)cc1)NC1CCN(C(=O)c2cccc(O)c2)CC1. The number of aryl methyl sites for hydroxylation is 1. The van der Waals surface area contributed by atoms with E-state index in [4.69, 9.17) is 11.6 Å². The van der Waals surface area contributed by atoms with E-state index in [1.54, 1.807) is 23.1 Å². The van der Waals surface area contributed by atoms with Crippen LogP contribution < -0.4 is 5.32 Å². The van der Waals surface area contributed by atoms with Gasteiger partial charge < -0.3 is 15.3 Å². The van der Waals surface area contributed by atoms with E-state index in [0.717, 1.165) is 18.4 Å². The lowest BCUT2D eigenvalue weighted by molar-refractivity contribution is -0.122. The number of piperidine rings is 1. The van der Waals surface area contributed by atoms with Gasteiger partial charge in [0, 0.05) is 36.1 Å². The zero-order chi connectivity index (χ0) is 19.2. The number of amides is 2. The summed E-state index contributed by atoms with van der Waals surface area (Å²) < 4.78 is 0. The molecule has 0 unspecified atom stereocenters. The molecule has 0 aliphatic carbocycles. The summed E-state index contributed by atoms with van der Waals surface area (Å²) in [5.41, 5.74) is 1.57.